The number of carboxylic acids is 1. The first-order valence-electron chi connectivity index (χ1n) is 6.92. The summed E-state index contributed by atoms with van der Waals surface area (Å²) < 4.78 is 0. The number of aryl methyl sites for hydroxylation is 1. The van der Waals surface area contributed by atoms with E-state index >= 15 is 0 Å². The first-order chi connectivity index (χ1) is 9.99. The van der Waals surface area contributed by atoms with E-state index in [0.717, 1.165) is 22.8 Å². The zero-order chi connectivity index (χ0) is 15.4. The van der Waals surface area contributed by atoms with Crippen LogP contribution in [-0.2, 0) is 6.42 Å². The van der Waals surface area contributed by atoms with Gasteiger partial charge < -0.3 is 5.11 Å². The molecular formula is C16H20N2O2S. The van der Waals surface area contributed by atoms with Crippen LogP contribution in [0.25, 0.3) is 0 Å². The van der Waals surface area contributed by atoms with Gasteiger partial charge in [-0.1, -0.05) is 18.2 Å². The van der Waals surface area contributed by atoms with Crippen LogP contribution in [0.2, 0.25) is 0 Å². The van der Waals surface area contributed by atoms with E-state index in [-0.39, 0.29) is 6.04 Å². The molecule has 0 saturated carbocycles. The number of aromatic carboxylic acids is 1. The fraction of sp³-hybridized carbons (Fsp3) is 0.375. The lowest BCUT2D eigenvalue weighted by Gasteiger charge is -2.23. The van der Waals surface area contributed by atoms with E-state index in [2.05, 4.69) is 22.2 Å². The maximum atomic E-state index is 11.2. The maximum Gasteiger partial charge on any atom is 0.335 e. The van der Waals surface area contributed by atoms with Gasteiger partial charge in [0.25, 0.3) is 0 Å². The molecule has 0 saturated heterocycles. The topological polar surface area (TPSA) is 53.4 Å². The molecule has 0 spiro atoms. The van der Waals surface area contributed by atoms with Gasteiger partial charge in [0.15, 0.2) is 0 Å². The third-order valence-corrected chi connectivity index (χ3v) is 4.50. The second-order valence-corrected chi connectivity index (χ2v) is 6.22. The van der Waals surface area contributed by atoms with Crippen LogP contribution in [0.1, 0.15) is 39.6 Å². The highest BCUT2D eigenvalue weighted by Crippen LogP contribution is 2.21. The van der Waals surface area contributed by atoms with Gasteiger partial charge in [-0.15, -0.1) is 11.3 Å². The Morgan fingerprint density at radius 1 is 1.43 bits per heavy atom. The van der Waals surface area contributed by atoms with Gasteiger partial charge >= 0.3 is 5.97 Å². The number of likely N-dealkylation sites (N-methyl/N-ethyl adjacent to an activating group) is 1. The van der Waals surface area contributed by atoms with Crippen molar-refractivity contribution in [2.45, 2.75) is 26.3 Å². The molecular weight excluding hydrogens is 284 g/mol. The maximum absolute atomic E-state index is 11.2. The molecule has 1 aromatic carbocycles. The summed E-state index contributed by atoms with van der Waals surface area (Å²) in [4.78, 5) is 17.9. The Morgan fingerprint density at radius 3 is 2.76 bits per heavy atom. The van der Waals surface area contributed by atoms with Gasteiger partial charge in [0.05, 0.1) is 16.3 Å². The molecule has 0 amide bonds. The Labute approximate surface area is 129 Å². The molecule has 112 valence electrons. The van der Waals surface area contributed by atoms with E-state index < -0.39 is 5.97 Å². The van der Waals surface area contributed by atoms with Crippen LogP contribution < -0.4 is 0 Å². The van der Waals surface area contributed by atoms with Crippen LogP contribution in [0.15, 0.2) is 29.6 Å². The summed E-state index contributed by atoms with van der Waals surface area (Å²) >= 11 is 1.66. The van der Waals surface area contributed by atoms with Crippen LogP contribution >= 0.6 is 11.3 Å². The van der Waals surface area contributed by atoms with Crippen molar-refractivity contribution in [3.63, 3.8) is 0 Å². The standard InChI is InChI=1S/C16H20N2O2S/c1-11(15-10-21-12(2)17-15)18(3)9-8-13-6-4-5-7-14(13)16(19)20/h4-7,10-11H,8-9H2,1-3H3,(H,19,20). The predicted octanol–water partition coefficient (Wildman–Crippen LogP) is 3.39. The van der Waals surface area contributed by atoms with Gasteiger partial charge in [-0.25, -0.2) is 9.78 Å². The number of aromatic nitrogens is 1. The predicted molar refractivity (Wildman–Crippen MR) is 85.0 cm³/mol. The molecule has 0 bridgehead atoms. The van der Waals surface area contributed by atoms with E-state index in [1.165, 1.54) is 0 Å². The number of nitrogens with zero attached hydrogens (tertiary/aromatic N) is 2. The summed E-state index contributed by atoms with van der Waals surface area (Å²) in [5, 5.41) is 12.4. The van der Waals surface area contributed by atoms with Crippen molar-refractivity contribution < 1.29 is 9.90 Å². The molecule has 1 N–H and O–H groups in total. The van der Waals surface area contributed by atoms with Crippen molar-refractivity contribution in [1.29, 1.82) is 0 Å². The van der Waals surface area contributed by atoms with Crippen molar-refractivity contribution >= 4 is 17.3 Å². The Bertz CT molecular complexity index is 624. The van der Waals surface area contributed by atoms with Crippen LogP contribution in [0, 0.1) is 6.92 Å². The molecule has 2 aromatic rings. The first-order valence-corrected chi connectivity index (χ1v) is 7.80. The normalized spacial score (nSPS) is 12.6. The Balaban J connectivity index is 2.01. The highest BCUT2D eigenvalue weighted by molar-refractivity contribution is 7.09. The fourth-order valence-electron chi connectivity index (χ4n) is 2.24. The largest absolute Gasteiger partial charge is 0.478 e. The molecule has 4 nitrogen and oxygen atoms in total. The number of hydrogen-bond acceptors (Lipinski definition) is 4. The molecule has 0 fully saturated rings. The third kappa shape index (κ3) is 3.89. The summed E-state index contributed by atoms with van der Waals surface area (Å²) in [6, 6.07) is 7.42. The van der Waals surface area contributed by atoms with Gasteiger partial charge in [-0.2, -0.15) is 0 Å². The van der Waals surface area contributed by atoms with E-state index in [1.54, 1.807) is 23.5 Å². The summed E-state index contributed by atoms with van der Waals surface area (Å²) in [5.41, 5.74) is 2.34. The van der Waals surface area contributed by atoms with E-state index in [1.807, 2.05) is 26.1 Å². The van der Waals surface area contributed by atoms with Gasteiger partial charge in [-0.05, 0) is 38.9 Å². The van der Waals surface area contributed by atoms with E-state index in [4.69, 9.17) is 0 Å². The Hall–Kier alpha value is -1.72. The minimum Gasteiger partial charge on any atom is -0.478 e. The smallest absolute Gasteiger partial charge is 0.335 e. The minimum absolute atomic E-state index is 0.229. The van der Waals surface area contributed by atoms with E-state index in [0.29, 0.717) is 12.0 Å². The average molecular weight is 304 g/mol. The first kappa shape index (κ1) is 15.7. The van der Waals surface area contributed by atoms with Gasteiger partial charge in [0.1, 0.15) is 0 Å². The lowest BCUT2D eigenvalue weighted by Crippen LogP contribution is -2.25. The zero-order valence-electron chi connectivity index (χ0n) is 12.5. The molecule has 2 rings (SSSR count). The molecule has 1 atom stereocenters. The second-order valence-electron chi connectivity index (χ2n) is 5.16. The third-order valence-electron chi connectivity index (χ3n) is 3.71. The average Bonchev–Trinajstić information content (AvgIpc) is 2.90. The van der Waals surface area contributed by atoms with Crippen molar-refractivity contribution in [1.82, 2.24) is 9.88 Å². The number of carbonyl (C=O) groups is 1. The number of hydrogen-bond donors (Lipinski definition) is 1. The van der Waals surface area contributed by atoms with Crippen LogP contribution in [0.3, 0.4) is 0 Å². The summed E-state index contributed by atoms with van der Waals surface area (Å²) in [7, 11) is 2.04. The molecule has 1 aromatic heterocycles. The SMILES string of the molecule is Cc1nc(C(C)N(C)CCc2ccccc2C(=O)O)cs1. The molecule has 1 unspecified atom stereocenters. The van der Waals surface area contributed by atoms with Crippen molar-refractivity contribution in [2.24, 2.45) is 0 Å². The zero-order valence-corrected chi connectivity index (χ0v) is 13.4. The molecule has 1 heterocycles. The number of rotatable bonds is 6. The fourth-order valence-corrected chi connectivity index (χ4v) is 2.93. The van der Waals surface area contributed by atoms with Crippen LogP contribution in [0.4, 0.5) is 0 Å². The molecule has 0 aliphatic rings. The Morgan fingerprint density at radius 2 is 2.14 bits per heavy atom. The summed E-state index contributed by atoms with van der Waals surface area (Å²) in [6.45, 7) is 4.92. The van der Waals surface area contributed by atoms with Crippen molar-refractivity contribution in [3.8, 4) is 0 Å². The van der Waals surface area contributed by atoms with Crippen LogP contribution in [-0.4, -0.2) is 34.6 Å². The van der Waals surface area contributed by atoms with Gasteiger partial charge in [0.2, 0.25) is 0 Å². The van der Waals surface area contributed by atoms with E-state index in [9.17, 15) is 9.90 Å². The monoisotopic (exact) mass is 304 g/mol. The highest BCUT2D eigenvalue weighted by Gasteiger charge is 2.15. The number of thiazole rings is 1. The van der Waals surface area contributed by atoms with Gasteiger partial charge in [-0.3, -0.25) is 4.90 Å². The molecule has 0 aliphatic heterocycles. The lowest BCUT2D eigenvalue weighted by atomic mass is 10.0. The summed E-state index contributed by atoms with van der Waals surface area (Å²) in [5.74, 6) is -0.864. The summed E-state index contributed by atoms with van der Waals surface area (Å²) in [6.07, 6.45) is 0.715. The molecule has 21 heavy (non-hydrogen) atoms. The van der Waals surface area contributed by atoms with Gasteiger partial charge in [0, 0.05) is 18.0 Å². The van der Waals surface area contributed by atoms with Crippen LogP contribution in [0.5, 0.6) is 0 Å². The minimum atomic E-state index is -0.864. The molecule has 0 aliphatic carbocycles. The van der Waals surface area contributed by atoms with Crippen molar-refractivity contribution in [2.75, 3.05) is 13.6 Å². The molecule has 5 heteroatoms. The molecule has 0 radical (unpaired) electrons. The number of carboxylic acid groups (broad SMARTS) is 1. The quantitative estimate of drug-likeness (QED) is 0.889. The highest BCUT2D eigenvalue weighted by atomic mass is 32.1. The van der Waals surface area contributed by atoms with Crippen molar-refractivity contribution in [3.05, 3.63) is 51.5 Å². The Kier molecular flexibility index (Phi) is 5.09. The second kappa shape index (κ2) is 6.83. The number of benzene rings is 1. The lowest BCUT2D eigenvalue weighted by molar-refractivity contribution is 0.0695.